The van der Waals surface area contributed by atoms with Crippen LogP contribution < -0.4 is 15.4 Å². The largest absolute Gasteiger partial charge is 0.497 e. The third-order valence-corrected chi connectivity index (χ3v) is 5.29. The number of nitro benzene ring substituents is 1. The molecule has 0 spiro atoms. The zero-order chi connectivity index (χ0) is 22.4. The molecule has 2 amide bonds. The van der Waals surface area contributed by atoms with Crippen LogP contribution >= 0.6 is 11.3 Å². The molecule has 1 aromatic heterocycles. The minimum Gasteiger partial charge on any atom is -0.497 e. The molecule has 0 bridgehead atoms. The number of nitrogens with one attached hydrogen (secondary N) is 2. The number of ether oxygens (including phenoxy) is 1. The van der Waals surface area contributed by atoms with Gasteiger partial charge in [0, 0.05) is 35.7 Å². The molecule has 0 atom stereocenters. The van der Waals surface area contributed by atoms with Crippen LogP contribution in [0.4, 0.5) is 10.8 Å². The van der Waals surface area contributed by atoms with Crippen molar-refractivity contribution in [3.63, 3.8) is 0 Å². The van der Waals surface area contributed by atoms with E-state index in [1.165, 1.54) is 43.6 Å². The molecular weight excluding hydrogens is 422 g/mol. The van der Waals surface area contributed by atoms with Crippen molar-refractivity contribution in [3.05, 3.63) is 74.3 Å². The zero-order valence-electron chi connectivity index (χ0n) is 16.7. The summed E-state index contributed by atoms with van der Waals surface area (Å²) in [6.45, 7) is 1.85. The fourth-order valence-electron chi connectivity index (χ4n) is 2.79. The lowest BCUT2D eigenvalue weighted by atomic mass is 10.1. The molecule has 11 heteroatoms. The van der Waals surface area contributed by atoms with Crippen LogP contribution in [-0.2, 0) is 6.42 Å². The van der Waals surface area contributed by atoms with Crippen LogP contribution in [0, 0.1) is 17.0 Å². The van der Waals surface area contributed by atoms with Crippen molar-refractivity contribution in [2.75, 3.05) is 19.0 Å². The Morgan fingerprint density at radius 1 is 1.16 bits per heavy atom. The topological polar surface area (TPSA) is 136 Å². The molecule has 3 rings (SSSR count). The van der Waals surface area contributed by atoms with Gasteiger partial charge in [-0.3, -0.25) is 25.0 Å². The number of hydrogen-bond acceptors (Lipinski definition) is 8. The Kier molecular flexibility index (Phi) is 6.88. The second-order valence-corrected chi connectivity index (χ2v) is 7.46. The van der Waals surface area contributed by atoms with Gasteiger partial charge in [-0.15, -0.1) is 10.2 Å². The number of methoxy groups -OCH3 is 1. The van der Waals surface area contributed by atoms with E-state index in [9.17, 15) is 19.7 Å². The monoisotopic (exact) mass is 441 g/mol. The average molecular weight is 441 g/mol. The van der Waals surface area contributed by atoms with Gasteiger partial charge in [-0.1, -0.05) is 23.5 Å². The van der Waals surface area contributed by atoms with E-state index in [-0.39, 0.29) is 27.9 Å². The molecule has 0 fully saturated rings. The molecule has 0 saturated heterocycles. The molecule has 2 aromatic carbocycles. The van der Waals surface area contributed by atoms with Crippen LogP contribution in [0.1, 0.15) is 31.3 Å². The maximum Gasteiger partial charge on any atom is 0.273 e. The van der Waals surface area contributed by atoms with Crippen LogP contribution in [0.15, 0.2) is 42.5 Å². The second-order valence-electron chi connectivity index (χ2n) is 6.40. The highest BCUT2D eigenvalue weighted by atomic mass is 32.1. The first-order chi connectivity index (χ1) is 14.9. The third kappa shape index (κ3) is 5.39. The number of rotatable bonds is 8. The van der Waals surface area contributed by atoms with Gasteiger partial charge in [0.2, 0.25) is 5.13 Å². The van der Waals surface area contributed by atoms with Crippen LogP contribution in [-0.4, -0.2) is 40.6 Å². The van der Waals surface area contributed by atoms with Crippen LogP contribution in [0.25, 0.3) is 0 Å². The van der Waals surface area contributed by atoms with Gasteiger partial charge in [0.25, 0.3) is 17.5 Å². The minimum atomic E-state index is -0.533. The Morgan fingerprint density at radius 2 is 1.94 bits per heavy atom. The quantitative estimate of drug-likeness (QED) is 0.405. The van der Waals surface area contributed by atoms with Gasteiger partial charge in [-0.05, 0) is 31.2 Å². The van der Waals surface area contributed by atoms with Crippen LogP contribution in [0.3, 0.4) is 0 Å². The first-order valence-electron chi connectivity index (χ1n) is 9.19. The Morgan fingerprint density at radius 3 is 2.68 bits per heavy atom. The number of aromatic nitrogens is 2. The SMILES string of the molecule is COc1cccc(C(=O)NCCc2nnc(NC(=O)c3cccc([N+](=O)[O-])c3C)s2)c1. The molecule has 3 aromatic rings. The number of hydrogen-bond donors (Lipinski definition) is 2. The molecule has 0 aliphatic rings. The highest BCUT2D eigenvalue weighted by Crippen LogP contribution is 2.23. The number of nitrogens with zero attached hydrogens (tertiary/aromatic N) is 3. The Labute approximate surface area is 181 Å². The summed E-state index contributed by atoms with van der Waals surface area (Å²) in [5.74, 6) is -0.149. The van der Waals surface area contributed by atoms with Gasteiger partial charge in [-0.25, -0.2) is 0 Å². The van der Waals surface area contributed by atoms with Gasteiger partial charge in [0.1, 0.15) is 10.8 Å². The summed E-state index contributed by atoms with van der Waals surface area (Å²) in [5, 5.41) is 25.3. The average Bonchev–Trinajstić information content (AvgIpc) is 3.20. The van der Waals surface area contributed by atoms with E-state index < -0.39 is 10.8 Å². The van der Waals surface area contributed by atoms with Crippen molar-refractivity contribution in [2.24, 2.45) is 0 Å². The molecule has 0 radical (unpaired) electrons. The number of nitro groups is 1. The fourth-order valence-corrected chi connectivity index (χ4v) is 3.52. The Bertz CT molecular complexity index is 1130. The molecule has 160 valence electrons. The fraction of sp³-hybridized carbons (Fsp3) is 0.200. The third-order valence-electron chi connectivity index (χ3n) is 4.39. The first kappa shape index (κ1) is 21.8. The van der Waals surface area contributed by atoms with Crippen molar-refractivity contribution in [1.29, 1.82) is 0 Å². The summed E-state index contributed by atoms with van der Waals surface area (Å²) in [7, 11) is 1.53. The Hall–Kier alpha value is -3.86. The van der Waals surface area contributed by atoms with Crippen molar-refractivity contribution >= 4 is 34.0 Å². The first-order valence-corrected chi connectivity index (χ1v) is 10.0. The number of carbonyl (C=O) groups excluding carboxylic acids is 2. The van der Waals surface area contributed by atoms with E-state index in [1.54, 1.807) is 24.3 Å². The number of carbonyl (C=O) groups is 2. The number of amides is 2. The van der Waals surface area contributed by atoms with Crippen LogP contribution in [0.5, 0.6) is 5.75 Å². The van der Waals surface area contributed by atoms with Crippen LogP contribution in [0.2, 0.25) is 0 Å². The van der Waals surface area contributed by atoms with Gasteiger partial charge in [0.05, 0.1) is 12.0 Å². The lowest BCUT2D eigenvalue weighted by Crippen LogP contribution is -2.25. The smallest absolute Gasteiger partial charge is 0.273 e. The van der Waals surface area contributed by atoms with E-state index in [0.29, 0.717) is 29.3 Å². The summed E-state index contributed by atoms with van der Waals surface area (Å²) in [6.07, 6.45) is 0.430. The van der Waals surface area contributed by atoms with Crippen molar-refractivity contribution in [1.82, 2.24) is 15.5 Å². The van der Waals surface area contributed by atoms with Crippen molar-refractivity contribution < 1.29 is 19.2 Å². The maximum atomic E-state index is 12.5. The summed E-state index contributed by atoms with van der Waals surface area (Å²) >= 11 is 1.17. The van der Waals surface area contributed by atoms with Crippen molar-refractivity contribution in [3.8, 4) is 5.75 Å². The second kappa shape index (κ2) is 9.76. The summed E-state index contributed by atoms with van der Waals surface area (Å²) in [5.41, 5.74) is 0.820. The molecule has 31 heavy (non-hydrogen) atoms. The number of anilines is 1. The molecular formula is C20H19N5O5S. The molecule has 0 aliphatic heterocycles. The lowest BCUT2D eigenvalue weighted by molar-refractivity contribution is -0.385. The molecule has 0 unspecified atom stereocenters. The predicted molar refractivity (Wildman–Crippen MR) is 115 cm³/mol. The van der Waals surface area contributed by atoms with E-state index in [2.05, 4.69) is 20.8 Å². The molecule has 1 heterocycles. The minimum absolute atomic E-state index is 0.127. The normalized spacial score (nSPS) is 10.4. The maximum absolute atomic E-state index is 12.5. The highest BCUT2D eigenvalue weighted by molar-refractivity contribution is 7.15. The van der Waals surface area contributed by atoms with Gasteiger partial charge >= 0.3 is 0 Å². The Balaban J connectivity index is 1.56. The summed E-state index contributed by atoms with van der Waals surface area (Å²) in [4.78, 5) is 35.2. The molecule has 2 N–H and O–H groups in total. The van der Waals surface area contributed by atoms with E-state index in [1.807, 2.05) is 0 Å². The predicted octanol–water partition coefficient (Wildman–Crippen LogP) is 2.99. The van der Waals surface area contributed by atoms with E-state index >= 15 is 0 Å². The highest BCUT2D eigenvalue weighted by Gasteiger charge is 2.19. The standard InChI is InChI=1S/C20H19N5O5S/c1-12-15(7-4-8-16(12)25(28)29)19(27)22-20-24-23-17(31-20)9-10-21-18(26)13-5-3-6-14(11-13)30-2/h3-8,11H,9-10H2,1-2H3,(H,21,26)(H,22,24,27). The van der Waals surface area contributed by atoms with Gasteiger partial charge in [-0.2, -0.15) is 0 Å². The summed E-state index contributed by atoms with van der Waals surface area (Å²) < 4.78 is 5.11. The molecule has 10 nitrogen and oxygen atoms in total. The van der Waals surface area contributed by atoms with Gasteiger partial charge in [0.15, 0.2) is 0 Å². The van der Waals surface area contributed by atoms with Crippen molar-refractivity contribution in [2.45, 2.75) is 13.3 Å². The number of benzene rings is 2. The summed E-state index contributed by atoms with van der Waals surface area (Å²) in [6, 6.07) is 11.1. The van der Waals surface area contributed by atoms with Gasteiger partial charge < -0.3 is 10.1 Å². The molecule has 0 aliphatic carbocycles. The zero-order valence-corrected chi connectivity index (χ0v) is 17.6. The van der Waals surface area contributed by atoms with E-state index in [4.69, 9.17) is 4.74 Å². The lowest BCUT2D eigenvalue weighted by Gasteiger charge is -2.06. The molecule has 0 saturated carbocycles. The van der Waals surface area contributed by atoms with E-state index in [0.717, 1.165) is 0 Å².